The van der Waals surface area contributed by atoms with E-state index in [9.17, 15) is 5.26 Å². The van der Waals surface area contributed by atoms with Gasteiger partial charge in [-0.1, -0.05) is 60.2 Å². The average molecular weight is 367 g/mol. The lowest BCUT2D eigenvalue weighted by atomic mass is 10.0. The van der Waals surface area contributed by atoms with Crippen LogP contribution in [0.4, 0.5) is 5.69 Å². The van der Waals surface area contributed by atoms with Crippen LogP contribution >= 0.6 is 11.8 Å². The second-order valence-corrected chi connectivity index (χ2v) is 7.27. The molecule has 0 radical (unpaired) electrons. The van der Waals surface area contributed by atoms with Gasteiger partial charge in [-0.05, 0) is 30.7 Å². The molecule has 130 valence electrons. The lowest BCUT2D eigenvalue weighted by Gasteiger charge is -2.05. The minimum atomic E-state index is 0.640. The molecule has 0 amide bonds. The molecule has 0 aromatic heterocycles. The number of aryl methyl sites for hydroxylation is 1. The van der Waals surface area contributed by atoms with E-state index in [0.29, 0.717) is 11.4 Å². The second-order valence-electron chi connectivity index (χ2n) is 6.30. The van der Waals surface area contributed by atoms with Crippen LogP contribution in [0.1, 0.15) is 27.8 Å². The molecule has 0 bridgehead atoms. The van der Waals surface area contributed by atoms with Gasteiger partial charge in [0, 0.05) is 16.9 Å². The Morgan fingerprint density at radius 2 is 1.74 bits per heavy atom. The zero-order chi connectivity index (χ0) is 18.6. The van der Waals surface area contributed by atoms with Gasteiger partial charge < -0.3 is 0 Å². The van der Waals surface area contributed by atoms with E-state index in [4.69, 9.17) is 9.98 Å². The molecule has 3 aromatic carbocycles. The first kappa shape index (κ1) is 17.3. The number of rotatable bonds is 3. The summed E-state index contributed by atoms with van der Waals surface area (Å²) in [5, 5.41) is 10.4. The lowest BCUT2D eigenvalue weighted by molar-refractivity contribution is 1.42. The Morgan fingerprint density at radius 1 is 0.963 bits per heavy atom. The zero-order valence-electron chi connectivity index (χ0n) is 14.9. The maximum Gasteiger partial charge on any atom is 0.161 e. The molecule has 0 spiro atoms. The molecule has 0 fully saturated rings. The second kappa shape index (κ2) is 7.61. The van der Waals surface area contributed by atoms with Crippen LogP contribution in [-0.2, 0) is 5.75 Å². The predicted molar refractivity (Wildman–Crippen MR) is 113 cm³/mol. The van der Waals surface area contributed by atoms with Crippen molar-refractivity contribution in [1.29, 1.82) is 5.26 Å². The van der Waals surface area contributed by atoms with Crippen molar-refractivity contribution in [3.05, 3.63) is 101 Å². The number of nitrogens with zero attached hydrogens (tertiary/aromatic N) is 3. The summed E-state index contributed by atoms with van der Waals surface area (Å²) in [4.78, 5) is 9.50. The molecule has 0 aliphatic carbocycles. The van der Waals surface area contributed by atoms with Gasteiger partial charge in [0.1, 0.15) is 5.04 Å². The highest BCUT2D eigenvalue weighted by Crippen LogP contribution is 2.31. The molecule has 1 aliphatic rings. The molecule has 0 saturated heterocycles. The van der Waals surface area contributed by atoms with Crippen LogP contribution in [0.25, 0.3) is 0 Å². The Hall–Kier alpha value is -3.16. The highest BCUT2D eigenvalue weighted by Gasteiger charge is 2.25. The van der Waals surface area contributed by atoms with Crippen LogP contribution in [0.2, 0.25) is 0 Å². The maximum atomic E-state index is 9.56. The summed E-state index contributed by atoms with van der Waals surface area (Å²) in [5.74, 6) is 1.47. The molecular formula is C23H17N3S. The minimum Gasteiger partial charge on any atom is -0.229 e. The van der Waals surface area contributed by atoms with Crippen molar-refractivity contribution in [2.24, 2.45) is 9.98 Å². The van der Waals surface area contributed by atoms with Gasteiger partial charge in [-0.25, -0.2) is 9.98 Å². The maximum absolute atomic E-state index is 9.56. The Balaban J connectivity index is 1.72. The monoisotopic (exact) mass is 367 g/mol. The van der Waals surface area contributed by atoms with E-state index in [-0.39, 0.29) is 0 Å². The normalized spacial score (nSPS) is 13.9. The summed E-state index contributed by atoms with van der Waals surface area (Å²) in [6, 6.07) is 26.3. The molecule has 1 heterocycles. The molecule has 3 aromatic rings. The summed E-state index contributed by atoms with van der Waals surface area (Å²) in [6.07, 6.45) is 0. The fourth-order valence-corrected chi connectivity index (χ4v) is 3.94. The highest BCUT2D eigenvalue weighted by atomic mass is 32.2. The van der Waals surface area contributed by atoms with E-state index in [2.05, 4.69) is 25.1 Å². The van der Waals surface area contributed by atoms with Gasteiger partial charge in [0.15, 0.2) is 5.84 Å². The van der Waals surface area contributed by atoms with E-state index in [1.54, 1.807) is 11.8 Å². The average Bonchev–Trinajstić information content (AvgIpc) is 3.06. The van der Waals surface area contributed by atoms with E-state index in [1.807, 2.05) is 60.7 Å². The lowest BCUT2D eigenvalue weighted by Crippen LogP contribution is -1.99. The number of hydrogen-bond acceptors (Lipinski definition) is 3. The van der Waals surface area contributed by atoms with E-state index in [0.717, 1.165) is 27.6 Å². The topological polar surface area (TPSA) is 48.5 Å². The van der Waals surface area contributed by atoms with Crippen molar-refractivity contribution in [2.75, 3.05) is 0 Å². The first-order valence-corrected chi connectivity index (χ1v) is 9.68. The smallest absolute Gasteiger partial charge is 0.161 e. The first-order valence-electron chi connectivity index (χ1n) is 8.69. The van der Waals surface area contributed by atoms with Gasteiger partial charge in [0.25, 0.3) is 0 Å². The molecular weight excluding hydrogens is 350 g/mol. The number of hydrogen-bond donors (Lipinski definition) is 0. The van der Waals surface area contributed by atoms with Crippen molar-refractivity contribution in [1.82, 2.24) is 0 Å². The van der Waals surface area contributed by atoms with Crippen molar-refractivity contribution < 1.29 is 0 Å². The Bertz CT molecular complexity index is 1070. The summed E-state index contributed by atoms with van der Waals surface area (Å²) in [6.45, 7) is 2.05. The molecule has 0 saturated carbocycles. The van der Waals surface area contributed by atoms with Gasteiger partial charge in [-0.15, -0.1) is 11.8 Å². The summed E-state index contributed by atoms with van der Waals surface area (Å²) in [7, 11) is 0. The Morgan fingerprint density at radius 3 is 2.48 bits per heavy atom. The fraction of sp³-hybridized carbons (Fsp3) is 0.0870. The van der Waals surface area contributed by atoms with Crippen LogP contribution in [0, 0.1) is 18.3 Å². The van der Waals surface area contributed by atoms with Crippen molar-refractivity contribution in [2.45, 2.75) is 12.7 Å². The van der Waals surface area contributed by atoms with Gasteiger partial charge >= 0.3 is 0 Å². The quantitative estimate of drug-likeness (QED) is 0.601. The molecule has 0 N–H and O–H groups in total. The minimum absolute atomic E-state index is 0.640. The van der Waals surface area contributed by atoms with Gasteiger partial charge in [-0.2, -0.15) is 5.26 Å². The van der Waals surface area contributed by atoms with Crippen molar-refractivity contribution >= 4 is 28.3 Å². The highest BCUT2D eigenvalue weighted by molar-refractivity contribution is 8.13. The van der Waals surface area contributed by atoms with E-state index < -0.39 is 0 Å². The number of thioether (sulfide) groups is 1. The SMILES string of the molecule is Cc1ccc(N=C2N=C(SCc3ccccc3)c3c(C#N)cccc32)cc1. The molecule has 4 rings (SSSR count). The van der Waals surface area contributed by atoms with Crippen LogP contribution in [0.3, 0.4) is 0 Å². The van der Waals surface area contributed by atoms with Gasteiger partial charge in [0.05, 0.1) is 17.3 Å². The van der Waals surface area contributed by atoms with Gasteiger partial charge in [-0.3, -0.25) is 0 Å². The Kier molecular flexibility index (Phi) is 4.86. The number of benzene rings is 3. The predicted octanol–water partition coefficient (Wildman–Crippen LogP) is 5.64. The van der Waals surface area contributed by atoms with Crippen LogP contribution in [0.15, 0.2) is 82.8 Å². The molecule has 0 unspecified atom stereocenters. The summed E-state index contributed by atoms with van der Waals surface area (Å²) < 4.78 is 0. The summed E-state index contributed by atoms with van der Waals surface area (Å²) in [5.41, 5.74) is 5.74. The van der Waals surface area contributed by atoms with E-state index >= 15 is 0 Å². The zero-order valence-corrected chi connectivity index (χ0v) is 15.7. The van der Waals surface area contributed by atoms with Crippen LogP contribution in [0.5, 0.6) is 0 Å². The molecule has 1 aliphatic heterocycles. The third-order valence-corrected chi connectivity index (χ3v) is 5.38. The number of amidine groups is 1. The number of aliphatic imine (C=N–C) groups is 2. The third kappa shape index (κ3) is 3.69. The largest absolute Gasteiger partial charge is 0.229 e. The number of nitriles is 1. The van der Waals surface area contributed by atoms with Crippen molar-refractivity contribution in [3.8, 4) is 6.07 Å². The van der Waals surface area contributed by atoms with Gasteiger partial charge in [0.2, 0.25) is 0 Å². The molecule has 4 heteroatoms. The fourth-order valence-electron chi connectivity index (χ4n) is 2.93. The van der Waals surface area contributed by atoms with Crippen LogP contribution in [-0.4, -0.2) is 10.9 Å². The molecule has 3 nitrogen and oxygen atoms in total. The summed E-state index contributed by atoms with van der Waals surface area (Å²) >= 11 is 1.64. The molecule has 27 heavy (non-hydrogen) atoms. The third-order valence-electron chi connectivity index (χ3n) is 4.33. The Labute approximate surface area is 163 Å². The standard InChI is InChI=1S/C23H17N3S/c1-16-10-12-19(13-11-16)25-22-20-9-5-8-18(14-24)21(20)23(26-22)27-15-17-6-3-2-4-7-17/h2-13H,15H2,1H3. The molecule has 0 atom stereocenters. The van der Waals surface area contributed by atoms with E-state index in [1.165, 1.54) is 11.1 Å². The first-order chi connectivity index (χ1) is 13.2. The van der Waals surface area contributed by atoms with Crippen molar-refractivity contribution in [3.63, 3.8) is 0 Å². The van der Waals surface area contributed by atoms with Crippen LogP contribution < -0.4 is 0 Å². The number of fused-ring (bicyclic) bond motifs is 1.